The quantitative estimate of drug-likeness (QED) is 0.921. The smallest absolute Gasteiger partial charge is 0.311 e. The van der Waals surface area contributed by atoms with Crippen molar-refractivity contribution >= 4 is 5.97 Å². The van der Waals surface area contributed by atoms with Gasteiger partial charge in [-0.3, -0.25) is 4.79 Å². The second kappa shape index (κ2) is 6.72. The standard InChI is InChI=1S/C17H14FNO3/c1-22-16-7-6-13(18)9-14(16)15(17(20)21)8-11-2-4-12(10-19)5-3-11/h2-7,9,15H,8H2,1H3,(H,20,21). The molecule has 0 amide bonds. The van der Waals surface area contributed by atoms with Crippen LogP contribution in [0.4, 0.5) is 4.39 Å². The van der Waals surface area contributed by atoms with E-state index in [0.29, 0.717) is 16.9 Å². The van der Waals surface area contributed by atoms with E-state index in [9.17, 15) is 14.3 Å². The van der Waals surface area contributed by atoms with Crippen LogP contribution in [0.1, 0.15) is 22.6 Å². The molecule has 22 heavy (non-hydrogen) atoms. The highest BCUT2D eigenvalue weighted by Crippen LogP contribution is 2.30. The van der Waals surface area contributed by atoms with E-state index in [-0.39, 0.29) is 6.42 Å². The van der Waals surface area contributed by atoms with Gasteiger partial charge in [0.15, 0.2) is 0 Å². The van der Waals surface area contributed by atoms with Gasteiger partial charge < -0.3 is 9.84 Å². The maximum atomic E-state index is 13.5. The lowest BCUT2D eigenvalue weighted by atomic mass is 9.91. The molecule has 2 rings (SSSR count). The molecule has 0 aliphatic rings. The van der Waals surface area contributed by atoms with E-state index in [4.69, 9.17) is 10.00 Å². The van der Waals surface area contributed by atoms with Crippen molar-refractivity contribution in [3.05, 3.63) is 65.0 Å². The summed E-state index contributed by atoms with van der Waals surface area (Å²) in [7, 11) is 1.41. The average Bonchev–Trinajstić information content (AvgIpc) is 2.53. The van der Waals surface area contributed by atoms with Gasteiger partial charge in [-0.2, -0.15) is 5.26 Å². The van der Waals surface area contributed by atoms with Crippen LogP contribution in [0, 0.1) is 17.1 Å². The number of halogens is 1. The van der Waals surface area contributed by atoms with E-state index in [1.54, 1.807) is 24.3 Å². The van der Waals surface area contributed by atoms with Crippen molar-refractivity contribution in [1.29, 1.82) is 5.26 Å². The number of hydrogen-bond donors (Lipinski definition) is 1. The third-order valence-corrected chi connectivity index (χ3v) is 3.39. The van der Waals surface area contributed by atoms with Crippen molar-refractivity contribution in [2.24, 2.45) is 0 Å². The molecule has 5 heteroatoms. The lowest BCUT2D eigenvalue weighted by Crippen LogP contribution is -2.15. The van der Waals surface area contributed by atoms with Crippen LogP contribution in [-0.4, -0.2) is 18.2 Å². The van der Waals surface area contributed by atoms with Crippen molar-refractivity contribution in [2.75, 3.05) is 7.11 Å². The number of aliphatic carboxylic acids is 1. The minimum atomic E-state index is -1.06. The van der Waals surface area contributed by atoms with Gasteiger partial charge in [0.05, 0.1) is 24.7 Å². The molecule has 2 aromatic carbocycles. The predicted molar refractivity (Wildman–Crippen MR) is 78.2 cm³/mol. The van der Waals surface area contributed by atoms with Gasteiger partial charge in [0, 0.05) is 5.56 Å². The number of ether oxygens (including phenoxy) is 1. The van der Waals surface area contributed by atoms with Crippen LogP contribution in [0.25, 0.3) is 0 Å². The Morgan fingerprint density at radius 1 is 1.32 bits per heavy atom. The number of carbonyl (C=O) groups is 1. The van der Waals surface area contributed by atoms with Gasteiger partial charge in [-0.25, -0.2) is 4.39 Å². The van der Waals surface area contributed by atoms with Gasteiger partial charge in [0.25, 0.3) is 0 Å². The number of hydrogen-bond acceptors (Lipinski definition) is 3. The van der Waals surface area contributed by atoms with Crippen molar-refractivity contribution in [2.45, 2.75) is 12.3 Å². The predicted octanol–water partition coefficient (Wildman–Crippen LogP) is 3.12. The largest absolute Gasteiger partial charge is 0.496 e. The number of nitrogens with zero attached hydrogens (tertiary/aromatic N) is 1. The van der Waals surface area contributed by atoms with Crippen LogP contribution in [0.2, 0.25) is 0 Å². The molecule has 0 aromatic heterocycles. The number of benzene rings is 2. The van der Waals surface area contributed by atoms with Crippen LogP contribution >= 0.6 is 0 Å². The molecule has 4 nitrogen and oxygen atoms in total. The fourth-order valence-corrected chi connectivity index (χ4v) is 2.26. The molecule has 0 heterocycles. The summed E-state index contributed by atoms with van der Waals surface area (Å²) in [6.07, 6.45) is 0.181. The Labute approximate surface area is 127 Å². The molecule has 1 unspecified atom stereocenters. The highest BCUT2D eigenvalue weighted by molar-refractivity contribution is 5.77. The molecule has 0 spiro atoms. The summed E-state index contributed by atoms with van der Waals surface area (Å²) in [6.45, 7) is 0. The van der Waals surface area contributed by atoms with E-state index in [0.717, 1.165) is 5.56 Å². The maximum absolute atomic E-state index is 13.5. The summed E-state index contributed by atoms with van der Waals surface area (Å²) in [5, 5.41) is 18.2. The van der Waals surface area contributed by atoms with Gasteiger partial charge in [0.2, 0.25) is 0 Å². The van der Waals surface area contributed by atoms with Gasteiger partial charge in [-0.1, -0.05) is 12.1 Å². The number of carboxylic acids is 1. The summed E-state index contributed by atoms with van der Waals surface area (Å²) in [6, 6.07) is 12.5. The normalized spacial score (nSPS) is 11.5. The summed E-state index contributed by atoms with van der Waals surface area (Å²) < 4.78 is 18.6. The van der Waals surface area contributed by atoms with E-state index in [2.05, 4.69) is 0 Å². The number of rotatable bonds is 5. The van der Waals surface area contributed by atoms with Crippen LogP contribution in [0.15, 0.2) is 42.5 Å². The number of carboxylic acid groups (broad SMARTS) is 1. The minimum absolute atomic E-state index is 0.181. The maximum Gasteiger partial charge on any atom is 0.311 e. The molecule has 0 bridgehead atoms. The van der Waals surface area contributed by atoms with Crippen LogP contribution in [-0.2, 0) is 11.2 Å². The van der Waals surface area contributed by atoms with Gasteiger partial charge in [0.1, 0.15) is 11.6 Å². The van der Waals surface area contributed by atoms with E-state index >= 15 is 0 Å². The summed E-state index contributed by atoms with van der Waals surface area (Å²) in [5.74, 6) is -2.17. The van der Waals surface area contributed by atoms with Crippen molar-refractivity contribution in [3.63, 3.8) is 0 Å². The monoisotopic (exact) mass is 299 g/mol. The summed E-state index contributed by atoms with van der Waals surface area (Å²) in [4.78, 5) is 11.6. The Balaban J connectivity index is 2.36. The van der Waals surface area contributed by atoms with Gasteiger partial charge in [-0.15, -0.1) is 0 Å². The molecular weight excluding hydrogens is 285 g/mol. The third kappa shape index (κ3) is 3.41. The van der Waals surface area contributed by atoms with Gasteiger partial charge >= 0.3 is 5.97 Å². The molecule has 1 atom stereocenters. The first-order valence-electron chi connectivity index (χ1n) is 6.60. The lowest BCUT2D eigenvalue weighted by Gasteiger charge is -2.16. The first-order chi connectivity index (χ1) is 10.5. The molecule has 0 aliphatic carbocycles. The Bertz CT molecular complexity index is 720. The topological polar surface area (TPSA) is 70.3 Å². The van der Waals surface area contributed by atoms with Crippen LogP contribution < -0.4 is 4.74 Å². The summed E-state index contributed by atoms with van der Waals surface area (Å²) >= 11 is 0. The van der Waals surface area contributed by atoms with Crippen LogP contribution in [0.3, 0.4) is 0 Å². The Kier molecular flexibility index (Phi) is 4.74. The first-order valence-corrected chi connectivity index (χ1v) is 6.60. The van der Waals surface area contributed by atoms with Crippen LogP contribution in [0.5, 0.6) is 5.75 Å². The molecule has 0 aliphatic heterocycles. The van der Waals surface area contributed by atoms with Gasteiger partial charge in [-0.05, 0) is 42.3 Å². The summed E-state index contributed by atoms with van der Waals surface area (Å²) in [5.41, 5.74) is 1.54. The SMILES string of the molecule is COc1ccc(F)cc1C(Cc1ccc(C#N)cc1)C(=O)O. The molecule has 0 saturated carbocycles. The van der Waals surface area contributed by atoms with E-state index in [1.165, 1.54) is 25.3 Å². The molecule has 0 fully saturated rings. The highest BCUT2D eigenvalue weighted by Gasteiger charge is 2.24. The zero-order valence-corrected chi connectivity index (χ0v) is 11.9. The van der Waals surface area contributed by atoms with Crippen molar-refractivity contribution in [1.82, 2.24) is 0 Å². The highest BCUT2D eigenvalue weighted by atomic mass is 19.1. The average molecular weight is 299 g/mol. The Morgan fingerprint density at radius 2 is 2.00 bits per heavy atom. The Morgan fingerprint density at radius 3 is 2.55 bits per heavy atom. The second-order valence-electron chi connectivity index (χ2n) is 4.79. The lowest BCUT2D eigenvalue weighted by molar-refractivity contribution is -0.138. The molecule has 0 radical (unpaired) electrons. The van der Waals surface area contributed by atoms with Crippen molar-refractivity contribution < 1.29 is 19.0 Å². The molecule has 112 valence electrons. The number of methoxy groups -OCH3 is 1. The zero-order valence-electron chi connectivity index (χ0n) is 11.9. The van der Waals surface area contributed by atoms with Crippen molar-refractivity contribution in [3.8, 4) is 11.8 Å². The van der Waals surface area contributed by atoms with E-state index < -0.39 is 17.7 Å². The molecule has 1 N–H and O–H groups in total. The molecule has 2 aromatic rings. The zero-order chi connectivity index (χ0) is 16.1. The number of nitriles is 1. The minimum Gasteiger partial charge on any atom is -0.496 e. The fraction of sp³-hybridized carbons (Fsp3) is 0.176. The van der Waals surface area contributed by atoms with E-state index in [1.807, 2.05) is 6.07 Å². The second-order valence-corrected chi connectivity index (χ2v) is 4.79. The first kappa shape index (κ1) is 15.5. The Hall–Kier alpha value is -2.87. The fourth-order valence-electron chi connectivity index (χ4n) is 2.26. The molecular formula is C17H14FNO3. The third-order valence-electron chi connectivity index (χ3n) is 3.39. The molecule has 0 saturated heterocycles.